The Morgan fingerprint density at radius 3 is 1.74 bits per heavy atom. The van der Waals surface area contributed by atoms with Crippen molar-refractivity contribution in [1.82, 2.24) is 0 Å². The number of unbranched alkanes of at least 4 members (excludes halogenated alkanes) is 11. The number of benzene rings is 2. The standard InChI is InChI=1S/C37H53BrO/c1-2-3-12-15-32-18-24-35(25-19-32)36-26-20-33(21-27-36)16-17-34-22-28-37(29-23-34)39-31-14-11-9-7-5-4-6-8-10-13-30-38/h20-23,26-29,32,35H,2-15,18-19,24-25,30-31H2,1H3. The Labute approximate surface area is 249 Å². The third-order valence-corrected chi connectivity index (χ3v) is 9.01. The largest absolute Gasteiger partial charge is 0.494 e. The van der Waals surface area contributed by atoms with Gasteiger partial charge in [-0.15, -0.1) is 0 Å². The Morgan fingerprint density at radius 1 is 0.641 bits per heavy atom. The van der Waals surface area contributed by atoms with E-state index in [0.29, 0.717) is 0 Å². The van der Waals surface area contributed by atoms with E-state index in [9.17, 15) is 0 Å². The van der Waals surface area contributed by atoms with Gasteiger partial charge in [-0.25, -0.2) is 0 Å². The van der Waals surface area contributed by atoms with Crippen molar-refractivity contribution in [1.29, 1.82) is 0 Å². The smallest absolute Gasteiger partial charge is 0.119 e. The third-order valence-electron chi connectivity index (χ3n) is 8.45. The predicted molar refractivity (Wildman–Crippen MR) is 173 cm³/mol. The molecule has 0 radical (unpaired) electrons. The average Bonchev–Trinajstić information content (AvgIpc) is 2.98. The highest BCUT2D eigenvalue weighted by Crippen LogP contribution is 2.37. The van der Waals surface area contributed by atoms with E-state index in [-0.39, 0.29) is 0 Å². The van der Waals surface area contributed by atoms with E-state index in [0.717, 1.165) is 47.1 Å². The molecule has 0 N–H and O–H groups in total. The minimum absolute atomic E-state index is 0.741. The van der Waals surface area contributed by atoms with Crippen molar-refractivity contribution in [3.05, 3.63) is 65.2 Å². The maximum Gasteiger partial charge on any atom is 0.119 e. The number of hydrogen-bond acceptors (Lipinski definition) is 1. The first-order chi connectivity index (χ1) is 19.3. The van der Waals surface area contributed by atoms with Crippen LogP contribution < -0.4 is 4.74 Å². The van der Waals surface area contributed by atoms with Crippen LogP contribution in [0.2, 0.25) is 0 Å². The molecule has 0 unspecified atom stereocenters. The second-order valence-corrected chi connectivity index (χ2v) is 12.5. The zero-order chi connectivity index (χ0) is 27.4. The molecule has 3 rings (SSSR count). The Morgan fingerprint density at radius 2 is 1.18 bits per heavy atom. The molecule has 1 aliphatic carbocycles. The number of rotatable bonds is 18. The summed E-state index contributed by atoms with van der Waals surface area (Å²) in [5.74, 6) is 9.34. The van der Waals surface area contributed by atoms with Crippen LogP contribution in [-0.4, -0.2) is 11.9 Å². The van der Waals surface area contributed by atoms with E-state index in [1.54, 1.807) is 0 Å². The van der Waals surface area contributed by atoms with Crippen molar-refractivity contribution in [2.24, 2.45) is 5.92 Å². The molecule has 0 atom stereocenters. The van der Waals surface area contributed by atoms with Crippen LogP contribution in [0.5, 0.6) is 5.75 Å². The summed E-state index contributed by atoms with van der Waals surface area (Å²) in [6, 6.07) is 17.3. The second-order valence-electron chi connectivity index (χ2n) is 11.7. The summed E-state index contributed by atoms with van der Waals surface area (Å²) in [6.45, 7) is 3.11. The fourth-order valence-electron chi connectivity index (χ4n) is 5.89. The van der Waals surface area contributed by atoms with E-state index < -0.39 is 0 Å². The second kappa shape index (κ2) is 20.2. The van der Waals surface area contributed by atoms with Gasteiger partial charge in [0.1, 0.15) is 5.75 Å². The zero-order valence-electron chi connectivity index (χ0n) is 24.7. The van der Waals surface area contributed by atoms with Gasteiger partial charge in [-0.2, -0.15) is 0 Å². The average molecular weight is 594 g/mol. The van der Waals surface area contributed by atoms with Gasteiger partial charge in [0.15, 0.2) is 0 Å². The number of halogens is 1. The molecule has 2 heteroatoms. The first-order valence-electron chi connectivity index (χ1n) is 16.2. The first kappa shape index (κ1) is 31.8. The molecule has 1 fully saturated rings. The number of hydrogen-bond donors (Lipinski definition) is 0. The molecule has 0 aliphatic heterocycles. The minimum Gasteiger partial charge on any atom is -0.494 e. The normalized spacial score (nSPS) is 17.0. The molecule has 0 saturated heterocycles. The van der Waals surface area contributed by atoms with Crippen LogP contribution in [0.25, 0.3) is 0 Å². The van der Waals surface area contributed by atoms with Crippen molar-refractivity contribution in [3.63, 3.8) is 0 Å². The van der Waals surface area contributed by atoms with Gasteiger partial charge in [0.05, 0.1) is 6.61 Å². The van der Waals surface area contributed by atoms with Crippen molar-refractivity contribution in [3.8, 4) is 17.6 Å². The van der Waals surface area contributed by atoms with Crippen LogP contribution in [-0.2, 0) is 0 Å². The van der Waals surface area contributed by atoms with E-state index in [1.807, 2.05) is 0 Å². The molecule has 214 valence electrons. The molecule has 0 spiro atoms. The lowest BCUT2D eigenvalue weighted by Gasteiger charge is -2.29. The van der Waals surface area contributed by atoms with Crippen molar-refractivity contribution in [2.75, 3.05) is 11.9 Å². The Balaban J connectivity index is 1.28. The van der Waals surface area contributed by atoms with Gasteiger partial charge in [0.2, 0.25) is 0 Å². The van der Waals surface area contributed by atoms with E-state index in [2.05, 4.69) is 83.2 Å². The lowest BCUT2D eigenvalue weighted by molar-refractivity contribution is 0.303. The molecule has 1 aliphatic rings. The molecule has 0 bridgehead atoms. The molecule has 0 amide bonds. The van der Waals surface area contributed by atoms with Crippen LogP contribution in [0.1, 0.15) is 145 Å². The number of ether oxygens (including phenoxy) is 1. The molecular weight excluding hydrogens is 540 g/mol. The van der Waals surface area contributed by atoms with Crippen molar-refractivity contribution in [2.45, 2.75) is 128 Å². The lowest BCUT2D eigenvalue weighted by atomic mass is 9.77. The maximum absolute atomic E-state index is 5.96. The monoisotopic (exact) mass is 592 g/mol. The highest BCUT2D eigenvalue weighted by Gasteiger charge is 2.21. The van der Waals surface area contributed by atoms with Crippen LogP contribution in [0.4, 0.5) is 0 Å². The van der Waals surface area contributed by atoms with Crippen LogP contribution >= 0.6 is 15.9 Å². The molecule has 39 heavy (non-hydrogen) atoms. The summed E-state index contributed by atoms with van der Waals surface area (Å²) < 4.78 is 5.96. The van der Waals surface area contributed by atoms with Crippen LogP contribution in [0.15, 0.2) is 48.5 Å². The maximum atomic E-state index is 5.96. The zero-order valence-corrected chi connectivity index (χ0v) is 26.3. The first-order valence-corrected chi connectivity index (χ1v) is 17.3. The molecule has 2 aromatic carbocycles. The van der Waals surface area contributed by atoms with E-state index in [4.69, 9.17) is 4.74 Å². The van der Waals surface area contributed by atoms with Gasteiger partial charge in [-0.1, -0.05) is 124 Å². The van der Waals surface area contributed by atoms with Gasteiger partial charge in [-0.3, -0.25) is 0 Å². The summed E-state index contributed by atoms with van der Waals surface area (Å²) in [6.07, 6.45) is 24.6. The highest BCUT2D eigenvalue weighted by atomic mass is 79.9. The lowest BCUT2D eigenvalue weighted by Crippen LogP contribution is -2.13. The SMILES string of the molecule is CCCCCC1CCC(c2ccc(C#Cc3ccc(OCCCCCCCCCCCCBr)cc3)cc2)CC1. The van der Waals surface area contributed by atoms with Gasteiger partial charge in [0, 0.05) is 16.5 Å². The van der Waals surface area contributed by atoms with Crippen LogP contribution in [0, 0.1) is 17.8 Å². The number of alkyl halides is 1. The van der Waals surface area contributed by atoms with Crippen molar-refractivity contribution >= 4 is 15.9 Å². The Kier molecular flexibility index (Phi) is 16.5. The molecule has 1 saturated carbocycles. The van der Waals surface area contributed by atoms with Crippen molar-refractivity contribution < 1.29 is 4.74 Å². The summed E-state index contributed by atoms with van der Waals surface area (Å²) in [5, 5.41) is 1.15. The predicted octanol–water partition coefficient (Wildman–Crippen LogP) is 11.6. The Bertz CT molecular complexity index is 928. The third kappa shape index (κ3) is 13.5. The van der Waals surface area contributed by atoms with Gasteiger partial charge in [-0.05, 0) is 92.3 Å². The summed E-state index contributed by atoms with van der Waals surface area (Å²) in [7, 11) is 0. The summed E-state index contributed by atoms with van der Waals surface area (Å²) in [5.41, 5.74) is 3.65. The molecule has 0 aromatic heterocycles. The fraction of sp³-hybridized carbons (Fsp3) is 0.622. The fourth-order valence-corrected chi connectivity index (χ4v) is 6.28. The van der Waals surface area contributed by atoms with E-state index in [1.165, 1.54) is 115 Å². The molecule has 2 aromatic rings. The van der Waals surface area contributed by atoms with Crippen LogP contribution in [0.3, 0.4) is 0 Å². The Hall–Kier alpha value is -1.72. The summed E-state index contributed by atoms with van der Waals surface area (Å²) >= 11 is 3.51. The molecule has 1 nitrogen and oxygen atoms in total. The topological polar surface area (TPSA) is 9.23 Å². The summed E-state index contributed by atoms with van der Waals surface area (Å²) in [4.78, 5) is 0. The van der Waals surface area contributed by atoms with Gasteiger partial charge >= 0.3 is 0 Å². The molecular formula is C37H53BrO. The highest BCUT2D eigenvalue weighted by molar-refractivity contribution is 9.09. The van der Waals surface area contributed by atoms with E-state index >= 15 is 0 Å². The molecule has 0 heterocycles. The minimum atomic E-state index is 0.741. The quantitative estimate of drug-likeness (QED) is 0.0949. The van der Waals surface area contributed by atoms with Gasteiger partial charge < -0.3 is 4.74 Å². The van der Waals surface area contributed by atoms with Gasteiger partial charge in [0.25, 0.3) is 0 Å².